The Morgan fingerprint density at radius 1 is 1.20 bits per heavy atom. The van der Waals surface area contributed by atoms with Crippen LogP contribution in [0.2, 0.25) is 0 Å². The number of nitrogens with zero attached hydrogens (tertiary/aromatic N) is 2. The van der Waals surface area contributed by atoms with Gasteiger partial charge in [0.05, 0.1) is 25.0 Å². The molecule has 2 saturated heterocycles. The Bertz CT molecular complexity index is 555. The number of ether oxygens (including phenoxy) is 1. The number of nitrogens with one attached hydrogen (secondary N) is 1. The molecule has 0 unspecified atom stereocenters. The summed E-state index contributed by atoms with van der Waals surface area (Å²) in [4.78, 5) is 29.2. The second-order valence-electron chi connectivity index (χ2n) is 6.62. The van der Waals surface area contributed by atoms with Crippen molar-refractivity contribution in [3.63, 3.8) is 0 Å². The fourth-order valence-corrected chi connectivity index (χ4v) is 3.46. The molecule has 2 amide bonds. The number of hydrogen-bond donors (Lipinski definition) is 1. The molecule has 0 bridgehead atoms. The number of hydrogen-bond acceptors (Lipinski definition) is 5. The molecule has 0 saturated carbocycles. The fraction of sp³-hybridized carbons (Fsp3) is 0.667. The Kier molecular flexibility index (Phi) is 6.47. The largest absolute Gasteiger partial charge is 0.472 e. The van der Waals surface area contributed by atoms with Gasteiger partial charge in [0, 0.05) is 26.2 Å². The lowest BCUT2D eigenvalue weighted by Crippen LogP contribution is -2.52. The van der Waals surface area contributed by atoms with Crippen molar-refractivity contribution < 1.29 is 18.7 Å². The van der Waals surface area contributed by atoms with Crippen molar-refractivity contribution in [3.05, 3.63) is 24.2 Å². The first-order chi connectivity index (χ1) is 12.3. The second kappa shape index (κ2) is 9.01. The van der Waals surface area contributed by atoms with Gasteiger partial charge in [-0.15, -0.1) is 0 Å². The highest BCUT2D eigenvalue weighted by molar-refractivity contribution is 5.97. The SMILES string of the molecule is O=C(NCCCN1CCOCC1)[C@H]1CCCCN1C(=O)c1ccoc1. The molecule has 1 atom stereocenters. The Labute approximate surface area is 148 Å². The maximum absolute atomic E-state index is 12.6. The highest BCUT2D eigenvalue weighted by Gasteiger charge is 2.32. The molecule has 0 spiro atoms. The zero-order valence-electron chi connectivity index (χ0n) is 14.6. The number of carbonyl (C=O) groups excluding carboxylic acids is 2. The second-order valence-corrected chi connectivity index (χ2v) is 6.62. The van der Waals surface area contributed by atoms with Crippen LogP contribution in [-0.2, 0) is 9.53 Å². The van der Waals surface area contributed by atoms with E-state index in [1.54, 1.807) is 11.0 Å². The molecule has 2 fully saturated rings. The lowest BCUT2D eigenvalue weighted by atomic mass is 10.0. The first kappa shape index (κ1) is 17.9. The van der Waals surface area contributed by atoms with E-state index in [9.17, 15) is 9.59 Å². The summed E-state index contributed by atoms with van der Waals surface area (Å²) in [5.41, 5.74) is 0.506. The highest BCUT2D eigenvalue weighted by Crippen LogP contribution is 2.20. The minimum Gasteiger partial charge on any atom is -0.472 e. The monoisotopic (exact) mass is 349 g/mol. The van der Waals surface area contributed by atoms with Gasteiger partial charge in [-0.05, 0) is 38.3 Å². The van der Waals surface area contributed by atoms with Gasteiger partial charge in [0.25, 0.3) is 5.91 Å². The lowest BCUT2D eigenvalue weighted by Gasteiger charge is -2.34. The van der Waals surface area contributed by atoms with E-state index in [4.69, 9.17) is 9.15 Å². The number of furan rings is 1. The molecule has 1 aromatic heterocycles. The van der Waals surface area contributed by atoms with E-state index in [-0.39, 0.29) is 17.9 Å². The third-order valence-corrected chi connectivity index (χ3v) is 4.89. The summed E-state index contributed by atoms with van der Waals surface area (Å²) in [5, 5.41) is 3.01. The summed E-state index contributed by atoms with van der Waals surface area (Å²) >= 11 is 0. The van der Waals surface area contributed by atoms with Gasteiger partial charge in [-0.1, -0.05) is 0 Å². The first-order valence-electron chi connectivity index (χ1n) is 9.16. The van der Waals surface area contributed by atoms with Crippen LogP contribution >= 0.6 is 0 Å². The van der Waals surface area contributed by atoms with E-state index in [1.165, 1.54) is 12.5 Å². The first-order valence-corrected chi connectivity index (χ1v) is 9.16. The van der Waals surface area contributed by atoms with Gasteiger partial charge in [-0.3, -0.25) is 14.5 Å². The maximum atomic E-state index is 12.6. The van der Waals surface area contributed by atoms with Gasteiger partial charge in [-0.25, -0.2) is 0 Å². The molecule has 3 heterocycles. The van der Waals surface area contributed by atoms with E-state index < -0.39 is 0 Å². The Balaban J connectivity index is 1.46. The van der Waals surface area contributed by atoms with Crippen molar-refractivity contribution >= 4 is 11.8 Å². The van der Waals surface area contributed by atoms with Crippen molar-refractivity contribution in [2.45, 2.75) is 31.7 Å². The predicted molar refractivity (Wildman–Crippen MR) is 92.3 cm³/mol. The summed E-state index contributed by atoms with van der Waals surface area (Å²) in [6.07, 6.45) is 6.46. The topological polar surface area (TPSA) is 75.0 Å². The molecule has 0 aliphatic carbocycles. The lowest BCUT2D eigenvalue weighted by molar-refractivity contribution is -0.126. The summed E-state index contributed by atoms with van der Waals surface area (Å²) < 4.78 is 10.3. The number of amides is 2. The van der Waals surface area contributed by atoms with Crippen LogP contribution in [-0.4, -0.2) is 73.6 Å². The Morgan fingerprint density at radius 2 is 2.04 bits per heavy atom. The number of piperidine rings is 1. The van der Waals surface area contributed by atoms with E-state index in [0.717, 1.165) is 58.5 Å². The minimum atomic E-state index is -0.375. The van der Waals surface area contributed by atoms with Gasteiger partial charge in [-0.2, -0.15) is 0 Å². The van der Waals surface area contributed by atoms with Crippen LogP contribution in [0.25, 0.3) is 0 Å². The molecule has 7 heteroatoms. The van der Waals surface area contributed by atoms with Crippen molar-refractivity contribution in [2.75, 3.05) is 45.9 Å². The Morgan fingerprint density at radius 3 is 2.80 bits per heavy atom. The van der Waals surface area contributed by atoms with Gasteiger partial charge in [0.2, 0.25) is 5.91 Å². The molecule has 0 aromatic carbocycles. The van der Waals surface area contributed by atoms with Crippen LogP contribution in [0.1, 0.15) is 36.0 Å². The number of morpholine rings is 1. The third kappa shape index (κ3) is 4.83. The highest BCUT2D eigenvalue weighted by atomic mass is 16.5. The normalized spacial score (nSPS) is 21.9. The van der Waals surface area contributed by atoms with E-state index in [1.807, 2.05) is 0 Å². The van der Waals surface area contributed by atoms with Gasteiger partial charge >= 0.3 is 0 Å². The summed E-state index contributed by atoms with van der Waals surface area (Å²) in [5.74, 6) is -0.166. The molecular formula is C18H27N3O4. The van der Waals surface area contributed by atoms with Crippen LogP contribution in [0.3, 0.4) is 0 Å². The zero-order valence-corrected chi connectivity index (χ0v) is 14.6. The van der Waals surface area contributed by atoms with Crippen molar-refractivity contribution in [1.82, 2.24) is 15.1 Å². The smallest absolute Gasteiger partial charge is 0.257 e. The third-order valence-electron chi connectivity index (χ3n) is 4.89. The van der Waals surface area contributed by atoms with E-state index in [2.05, 4.69) is 10.2 Å². The average molecular weight is 349 g/mol. The number of rotatable bonds is 6. The molecule has 2 aliphatic heterocycles. The van der Waals surface area contributed by atoms with Crippen LogP contribution in [0, 0.1) is 0 Å². The van der Waals surface area contributed by atoms with Crippen LogP contribution < -0.4 is 5.32 Å². The van der Waals surface area contributed by atoms with Gasteiger partial charge in [0.15, 0.2) is 0 Å². The van der Waals surface area contributed by atoms with Crippen molar-refractivity contribution in [1.29, 1.82) is 0 Å². The molecule has 3 rings (SSSR count). The summed E-state index contributed by atoms with van der Waals surface area (Å²) in [6.45, 7) is 5.73. The molecule has 7 nitrogen and oxygen atoms in total. The van der Waals surface area contributed by atoms with Crippen LogP contribution in [0.5, 0.6) is 0 Å². The molecule has 138 valence electrons. The minimum absolute atomic E-state index is 0.0430. The quantitative estimate of drug-likeness (QED) is 0.779. The van der Waals surface area contributed by atoms with Crippen molar-refractivity contribution in [3.8, 4) is 0 Å². The average Bonchev–Trinajstić information content (AvgIpc) is 3.20. The molecule has 1 aromatic rings. The molecule has 1 N–H and O–H groups in total. The maximum Gasteiger partial charge on any atom is 0.257 e. The van der Waals surface area contributed by atoms with Crippen molar-refractivity contribution in [2.24, 2.45) is 0 Å². The van der Waals surface area contributed by atoms with E-state index >= 15 is 0 Å². The molecule has 0 radical (unpaired) electrons. The summed E-state index contributed by atoms with van der Waals surface area (Å²) in [7, 11) is 0. The van der Waals surface area contributed by atoms with E-state index in [0.29, 0.717) is 18.7 Å². The van der Waals surface area contributed by atoms with Crippen LogP contribution in [0.15, 0.2) is 23.0 Å². The standard InChI is InChI=1S/C18H27N3O4/c22-17(19-6-3-7-20-9-12-24-13-10-20)16-4-1-2-8-21(16)18(23)15-5-11-25-14-15/h5,11,14,16H,1-4,6-10,12-13H2,(H,19,22)/t16-/m1/s1. The number of likely N-dealkylation sites (tertiary alicyclic amines) is 1. The molecular weight excluding hydrogens is 322 g/mol. The van der Waals surface area contributed by atoms with Gasteiger partial charge in [0.1, 0.15) is 12.3 Å². The fourth-order valence-electron chi connectivity index (χ4n) is 3.46. The summed E-state index contributed by atoms with van der Waals surface area (Å²) in [6, 6.07) is 1.27. The van der Waals surface area contributed by atoms with Crippen LogP contribution in [0.4, 0.5) is 0 Å². The molecule has 25 heavy (non-hydrogen) atoms. The van der Waals surface area contributed by atoms with Gasteiger partial charge < -0.3 is 19.4 Å². The molecule has 2 aliphatic rings. The zero-order chi connectivity index (χ0) is 17.5. The predicted octanol–water partition coefficient (Wildman–Crippen LogP) is 1.11. The number of carbonyl (C=O) groups is 2. The Hall–Kier alpha value is -1.86.